The number of nitrogens with one attached hydrogen (secondary N) is 1. The van der Waals surface area contributed by atoms with E-state index in [1.54, 1.807) is 0 Å². The second-order valence-corrected chi connectivity index (χ2v) is 6.55. The van der Waals surface area contributed by atoms with E-state index in [0.29, 0.717) is 5.56 Å². The number of carbonyl (C=O) groups excluding carboxylic acids is 1. The third-order valence-electron chi connectivity index (χ3n) is 4.50. The van der Waals surface area contributed by atoms with Gasteiger partial charge in [-0.25, -0.2) is 4.98 Å². The molecule has 0 aliphatic rings. The molecule has 3 aromatic carbocycles. The average molecular weight is 356 g/mol. The highest BCUT2D eigenvalue weighted by Gasteiger charge is 2.08. The number of nitrogens with zero attached hydrogens (tertiary/aromatic N) is 3. The van der Waals surface area contributed by atoms with Crippen molar-refractivity contribution in [3.63, 3.8) is 0 Å². The molecule has 0 fully saturated rings. The molecule has 4 rings (SSSR count). The molecule has 5 heteroatoms. The summed E-state index contributed by atoms with van der Waals surface area (Å²) in [6.07, 6.45) is 1.81. The van der Waals surface area contributed by atoms with Crippen molar-refractivity contribution in [2.24, 2.45) is 0 Å². The summed E-state index contributed by atoms with van der Waals surface area (Å²) in [6, 6.07) is 23.3. The molecule has 4 aromatic rings. The summed E-state index contributed by atoms with van der Waals surface area (Å²) in [5.74, 6) is -0.124. The number of benzene rings is 3. The SMILES string of the molecule is CN(C)c1ccc(C(=O)Nc2ccc(-n3cnc4ccccc43)cc2)cc1. The summed E-state index contributed by atoms with van der Waals surface area (Å²) >= 11 is 0. The first-order chi connectivity index (χ1) is 13.1. The molecule has 0 aliphatic carbocycles. The second-order valence-electron chi connectivity index (χ2n) is 6.55. The average Bonchev–Trinajstić information content (AvgIpc) is 3.13. The fraction of sp³-hybridized carbons (Fsp3) is 0.0909. The fourth-order valence-electron chi connectivity index (χ4n) is 2.98. The number of aromatic nitrogens is 2. The van der Waals surface area contributed by atoms with Gasteiger partial charge in [0.15, 0.2) is 0 Å². The van der Waals surface area contributed by atoms with Crippen LogP contribution < -0.4 is 10.2 Å². The van der Waals surface area contributed by atoms with E-state index in [0.717, 1.165) is 28.1 Å². The van der Waals surface area contributed by atoms with Crippen LogP contribution in [0.15, 0.2) is 79.1 Å². The summed E-state index contributed by atoms with van der Waals surface area (Å²) in [4.78, 5) is 18.9. The summed E-state index contributed by atoms with van der Waals surface area (Å²) in [5.41, 5.74) is 5.45. The lowest BCUT2D eigenvalue weighted by Crippen LogP contribution is -2.13. The molecular weight excluding hydrogens is 336 g/mol. The van der Waals surface area contributed by atoms with Crippen LogP contribution in [-0.4, -0.2) is 29.6 Å². The van der Waals surface area contributed by atoms with Crippen molar-refractivity contribution in [2.45, 2.75) is 0 Å². The first kappa shape index (κ1) is 16.8. The van der Waals surface area contributed by atoms with Crippen molar-refractivity contribution in [1.29, 1.82) is 0 Å². The zero-order valence-electron chi connectivity index (χ0n) is 15.3. The van der Waals surface area contributed by atoms with Gasteiger partial charge in [-0.3, -0.25) is 9.36 Å². The summed E-state index contributed by atoms with van der Waals surface area (Å²) < 4.78 is 2.03. The molecule has 0 unspecified atom stereocenters. The molecule has 27 heavy (non-hydrogen) atoms. The largest absolute Gasteiger partial charge is 0.378 e. The van der Waals surface area contributed by atoms with Crippen molar-refractivity contribution >= 4 is 28.3 Å². The fourth-order valence-corrected chi connectivity index (χ4v) is 2.98. The van der Waals surface area contributed by atoms with Gasteiger partial charge in [-0.15, -0.1) is 0 Å². The molecule has 1 aromatic heterocycles. The number of para-hydroxylation sites is 2. The van der Waals surface area contributed by atoms with E-state index in [1.807, 2.05) is 103 Å². The first-order valence-electron chi connectivity index (χ1n) is 8.73. The van der Waals surface area contributed by atoms with Gasteiger partial charge in [-0.05, 0) is 60.7 Å². The van der Waals surface area contributed by atoms with Gasteiger partial charge >= 0.3 is 0 Å². The minimum absolute atomic E-state index is 0.124. The Hall–Kier alpha value is -3.60. The Morgan fingerprint density at radius 3 is 2.33 bits per heavy atom. The molecule has 0 bridgehead atoms. The molecule has 1 heterocycles. The second kappa shape index (κ2) is 6.96. The van der Waals surface area contributed by atoms with Crippen molar-refractivity contribution in [1.82, 2.24) is 9.55 Å². The number of hydrogen-bond acceptors (Lipinski definition) is 3. The van der Waals surface area contributed by atoms with Crippen LogP contribution in [0.4, 0.5) is 11.4 Å². The van der Waals surface area contributed by atoms with Gasteiger partial charge in [-0.1, -0.05) is 12.1 Å². The predicted molar refractivity (Wildman–Crippen MR) is 110 cm³/mol. The van der Waals surface area contributed by atoms with Crippen molar-refractivity contribution < 1.29 is 4.79 Å². The summed E-state index contributed by atoms with van der Waals surface area (Å²) in [6.45, 7) is 0. The van der Waals surface area contributed by atoms with Crippen molar-refractivity contribution in [3.05, 3.63) is 84.7 Å². The van der Waals surface area contributed by atoms with E-state index in [1.165, 1.54) is 0 Å². The van der Waals surface area contributed by atoms with E-state index in [9.17, 15) is 4.79 Å². The Morgan fingerprint density at radius 1 is 0.926 bits per heavy atom. The zero-order chi connectivity index (χ0) is 18.8. The normalized spacial score (nSPS) is 10.7. The topological polar surface area (TPSA) is 50.2 Å². The van der Waals surface area contributed by atoms with Crippen LogP contribution in [-0.2, 0) is 0 Å². The maximum absolute atomic E-state index is 12.4. The van der Waals surface area contributed by atoms with E-state index >= 15 is 0 Å². The van der Waals surface area contributed by atoms with Crippen LogP contribution in [0.2, 0.25) is 0 Å². The minimum atomic E-state index is -0.124. The third kappa shape index (κ3) is 3.40. The molecule has 134 valence electrons. The maximum Gasteiger partial charge on any atom is 0.255 e. The molecule has 1 N–H and O–H groups in total. The molecule has 1 amide bonds. The van der Waals surface area contributed by atoms with Crippen LogP contribution in [0.3, 0.4) is 0 Å². The van der Waals surface area contributed by atoms with E-state index in [2.05, 4.69) is 10.3 Å². The Kier molecular flexibility index (Phi) is 4.34. The zero-order valence-corrected chi connectivity index (χ0v) is 15.3. The highest BCUT2D eigenvalue weighted by Crippen LogP contribution is 2.20. The van der Waals surface area contributed by atoms with Gasteiger partial charge in [0.2, 0.25) is 0 Å². The van der Waals surface area contributed by atoms with Crippen LogP contribution in [0.25, 0.3) is 16.7 Å². The van der Waals surface area contributed by atoms with Crippen LogP contribution in [0, 0.1) is 0 Å². The van der Waals surface area contributed by atoms with E-state index < -0.39 is 0 Å². The van der Waals surface area contributed by atoms with Gasteiger partial charge in [0.25, 0.3) is 5.91 Å². The highest BCUT2D eigenvalue weighted by molar-refractivity contribution is 6.04. The molecule has 0 atom stereocenters. The van der Waals surface area contributed by atoms with Gasteiger partial charge < -0.3 is 10.2 Å². The monoisotopic (exact) mass is 356 g/mol. The number of fused-ring (bicyclic) bond motifs is 1. The molecule has 0 aliphatic heterocycles. The third-order valence-corrected chi connectivity index (χ3v) is 4.50. The van der Waals surface area contributed by atoms with Gasteiger partial charge in [0.05, 0.1) is 11.0 Å². The molecule has 5 nitrogen and oxygen atoms in total. The lowest BCUT2D eigenvalue weighted by molar-refractivity contribution is 0.102. The Balaban J connectivity index is 1.51. The standard InChI is InChI=1S/C22H20N4O/c1-25(2)18-11-7-16(8-12-18)22(27)24-17-9-13-19(14-10-17)26-15-23-20-5-3-4-6-21(20)26/h3-15H,1-2H3,(H,24,27). The molecular formula is C22H20N4O. The van der Waals surface area contributed by atoms with Crippen LogP contribution >= 0.6 is 0 Å². The Bertz CT molecular complexity index is 1080. The van der Waals surface area contributed by atoms with Gasteiger partial charge in [0, 0.05) is 36.7 Å². The van der Waals surface area contributed by atoms with Crippen molar-refractivity contribution in [3.8, 4) is 5.69 Å². The van der Waals surface area contributed by atoms with Gasteiger partial charge in [0.1, 0.15) is 6.33 Å². The quantitative estimate of drug-likeness (QED) is 0.592. The summed E-state index contributed by atoms with van der Waals surface area (Å²) in [7, 11) is 3.94. The molecule has 0 saturated carbocycles. The number of hydrogen-bond donors (Lipinski definition) is 1. The smallest absolute Gasteiger partial charge is 0.255 e. The van der Waals surface area contributed by atoms with Gasteiger partial charge in [-0.2, -0.15) is 0 Å². The predicted octanol–water partition coefficient (Wildman–Crippen LogP) is 4.34. The van der Waals surface area contributed by atoms with Crippen molar-refractivity contribution in [2.75, 3.05) is 24.3 Å². The number of amides is 1. The van der Waals surface area contributed by atoms with E-state index in [4.69, 9.17) is 0 Å². The number of carbonyl (C=O) groups is 1. The molecule has 0 saturated heterocycles. The number of anilines is 2. The molecule has 0 radical (unpaired) electrons. The van der Waals surface area contributed by atoms with E-state index in [-0.39, 0.29) is 5.91 Å². The summed E-state index contributed by atoms with van der Waals surface area (Å²) in [5, 5.41) is 2.94. The van der Waals surface area contributed by atoms with Crippen LogP contribution in [0.5, 0.6) is 0 Å². The first-order valence-corrected chi connectivity index (χ1v) is 8.73. The maximum atomic E-state index is 12.4. The number of imidazole rings is 1. The lowest BCUT2D eigenvalue weighted by atomic mass is 10.2. The minimum Gasteiger partial charge on any atom is -0.378 e. The Morgan fingerprint density at radius 2 is 1.63 bits per heavy atom. The number of rotatable bonds is 4. The molecule has 0 spiro atoms. The van der Waals surface area contributed by atoms with Crippen LogP contribution in [0.1, 0.15) is 10.4 Å². The Labute approximate surface area is 157 Å². The highest BCUT2D eigenvalue weighted by atomic mass is 16.1. The lowest BCUT2D eigenvalue weighted by Gasteiger charge is -2.13.